The van der Waals surface area contributed by atoms with Crippen LogP contribution in [0, 0.1) is 12.7 Å². The van der Waals surface area contributed by atoms with Gasteiger partial charge in [0, 0.05) is 33.2 Å². The van der Waals surface area contributed by atoms with Gasteiger partial charge in [-0.15, -0.1) is 24.0 Å². The SMILES string of the molecule is CN=C(NCc1cccc(OCCN2CCOCC2)c1)NC(C)c1ccc(C)c(F)c1.I. The predicted octanol–water partition coefficient (Wildman–Crippen LogP) is 3.89. The molecule has 0 radical (unpaired) electrons. The largest absolute Gasteiger partial charge is 0.492 e. The summed E-state index contributed by atoms with van der Waals surface area (Å²) in [6, 6.07) is 13.3. The molecule has 2 aromatic rings. The average Bonchev–Trinajstić information content (AvgIpc) is 2.79. The molecule has 0 saturated carbocycles. The van der Waals surface area contributed by atoms with Crippen molar-refractivity contribution in [3.05, 3.63) is 65.0 Å². The molecule has 6 nitrogen and oxygen atoms in total. The minimum Gasteiger partial charge on any atom is -0.492 e. The summed E-state index contributed by atoms with van der Waals surface area (Å²) >= 11 is 0. The van der Waals surface area contributed by atoms with Crippen molar-refractivity contribution in [1.29, 1.82) is 0 Å². The first-order valence-corrected chi connectivity index (χ1v) is 10.8. The number of guanidine groups is 1. The lowest BCUT2D eigenvalue weighted by Gasteiger charge is -2.26. The lowest BCUT2D eigenvalue weighted by molar-refractivity contribution is 0.0322. The number of nitrogens with zero attached hydrogens (tertiary/aromatic N) is 2. The maximum atomic E-state index is 13.9. The topological polar surface area (TPSA) is 58.1 Å². The van der Waals surface area contributed by atoms with Crippen molar-refractivity contribution in [2.45, 2.75) is 26.4 Å². The first kappa shape index (κ1) is 26.3. The molecule has 32 heavy (non-hydrogen) atoms. The zero-order valence-corrected chi connectivity index (χ0v) is 21.4. The monoisotopic (exact) mass is 556 g/mol. The van der Waals surface area contributed by atoms with Gasteiger partial charge in [0.25, 0.3) is 0 Å². The summed E-state index contributed by atoms with van der Waals surface area (Å²) < 4.78 is 25.2. The highest BCUT2D eigenvalue weighted by Crippen LogP contribution is 2.17. The highest BCUT2D eigenvalue weighted by atomic mass is 127. The second-order valence-electron chi connectivity index (χ2n) is 7.75. The van der Waals surface area contributed by atoms with E-state index >= 15 is 0 Å². The van der Waals surface area contributed by atoms with Crippen LogP contribution in [-0.4, -0.2) is 57.4 Å². The van der Waals surface area contributed by atoms with E-state index in [9.17, 15) is 4.39 Å². The van der Waals surface area contributed by atoms with E-state index in [4.69, 9.17) is 9.47 Å². The van der Waals surface area contributed by atoms with Crippen molar-refractivity contribution in [3.8, 4) is 5.75 Å². The number of aryl methyl sites for hydroxylation is 1. The molecule has 2 N–H and O–H groups in total. The van der Waals surface area contributed by atoms with E-state index in [1.807, 2.05) is 37.3 Å². The van der Waals surface area contributed by atoms with Gasteiger partial charge in [-0.05, 0) is 48.7 Å². The van der Waals surface area contributed by atoms with Crippen LogP contribution in [0.5, 0.6) is 5.75 Å². The summed E-state index contributed by atoms with van der Waals surface area (Å²) in [6.07, 6.45) is 0. The van der Waals surface area contributed by atoms with Gasteiger partial charge in [0.1, 0.15) is 18.2 Å². The van der Waals surface area contributed by atoms with Gasteiger partial charge in [-0.1, -0.05) is 24.3 Å². The van der Waals surface area contributed by atoms with Crippen LogP contribution in [0.3, 0.4) is 0 Å². The molecule has 1 saturated heterocycles. The third kappa shape index (κ3) is 8.22. The quantitative estimate of drug-likeness (QED) is 0.294. The average molecular weight is 556 g/mol. The van der Waals surface area contributed by atoms with Gasteiger partial charge in [0.2, 0.25) is 0 Å². The van der Waals surface area contributed by atoms with Gasteiger partial charge in [0.15, 0.2) is 5.96 Å². The van der Waals surface area contributed by atoms with E-state index in [1.165, 1.54) is 0 Å². The zero-order valence-electron chi connectivity index (χ0n) is 19.1. The van der Waals surface area contributed by atoms with Gasteiger partial charge in [-0.25, -0.2) is 4.39 Å². The number of ether oxygens (including phenoxy) is 2. The molecule has 1 aliphatic rings. The Labute approximate surface area is 207 Å². The molecule has 1 fully saturated rings. The van der Waals surface area contributed by atoms with Gasteiger partial charge in [-0.2, -0.15) is 0 Å². The molecular formula is C24H34FIN4O2. The maximum Gasteiger partial charge on any atom is 0.191 e. The van der Waals surface area contributed by atoms with E-state index in [2.05, 4.69) is 20.5 Å². The van der Waals surface area contributed by atoms with Crippen molar-refractivity contribution in [2.75, 3.05) is 46.5 Å². The standard InChI is InChI=1S/C24H33FN4O2.HI/c1-18-7-8-21(16-23(18)25)19(2)28-24(26-3)27-17-20-5-4-6-22(15-20)31-14-11-29-9-12-30-13-10-29;/h4-8,15-16,19H,9-14,17H2,1-3H3,(H2,26,27,28);1H. The van der Waals surface area contributed by atoms with Crippen molar-refractivity contribution in [2.24, 2.45) is 4.99 Å². The fraction of sp³-hybridized carbons (Fsp3) is 0.458. The van der Waals surface area contributed by atoms with E-state index < -0.39 is 0 Å². The third-order valence-electron chi connectivity index (χ3n) is 5.41. The summed E-state index contributed by atoms with van der Waals surface area (Å²) in [5.41, 5.74) is 2.62. The van der Waals surface area contributed by atoms with E-state index in [1.54, 1.807) is 26.1 Å². The molecule has 1 heterocycles. The Morgan fingerprint density at radius 3 is 2.72 bits per heavy atom. The molecular weight excluding hydrogens is 522 g/mol. The minimum absolute atomic E-state index is 0. The van der Waals surface area contributed by atoms with Crippen LogP contribution in [0.4, 0.5) is 4.39 Å². The van der Waals surface area contributed by atoms with Crippen LogP contribution in [0.15, 0.2) is 47.5 Å². The fourth-order valence-corrected chi connectivity index (χ4v) is 3.41. The second-order valence-corrected chi connectivity index (χ2v) is 7.75. The minimum atomic E-state index is -0.195. The van der Waals surface area contributed by atoms with Crippen molar-refractivity contribution < 1.29 is 13.9 Å². The van der Waals surface area contributed by atoms with E-state index in [0.29, 0.717) is 24.7 Å². The van der Waals surface area contributed by atoms with Crippen molar-refractivity contribution in [1.82, 2.24) is 15.5 Å². The highest BCUT2D eigenvalue weighted by Gasteiger charge is 2.11. The fourth-order valence-electron chi connectivity index (χ4n) is 3.41. The Balaban J connectivity index is 0.00000363. The maximum absolute atomic E-state index is 13.9. The number of hydrogen-bond donors (Lipinski definition) is 2. The van der Waals surface area contributed by atoms with Crippen LogP contribution < -0.4 is 15.4 Å². The number of nitrogens with one attached hydrogen (secondary N) is 2. The first-order chi connectivity index (χ1) is 15.0. The molecule has 0 bridgehead atoms. The molecule has 0 aliphatic carbocycles. The molecule has 3 rings (SSSR count). The first-order valence-electron chi connectivity index (χ1n) is 10.8. The molecule has 176 valence electrons. The van der Waals surface area contributed by atoms with E-state index in [0.717, 1.165) is 49.7 Å². The van der Waals surface area contributed by atoms with Crippen molar-refractivity contribution in [3.63, 3.8) is 0 Å². The lowest BCUT2D eigenvalue weighted by atomic mass is 10.1. The van der Waals surface area contributed by atoms with Crippen LogP contribution in [0.25, 0.3) is 0 Å². The molecule has 8 heteroatoms. The van der Waals surface area contributed by atoms with Crippen molar-refractivity contribution >= 4 is 29.9 Å². The number of aliphatic imine (C=N–C) groups is 1. The zero-order chi connectivity index (χ0) is 22.1. The second kappa shape index (κ2) is 13.6. The molecule has 0 aromatic heterocycles. The number of rotatable bonds is 8. The van der Waals surface area contributed by atoms with Crippen LogP contribution in [0.1, 0.15) is 29.7 Å². The van der Waals surface area contributed by atoms with Crippen LogP contribution >= 0.6 is 24.0 Å². The number of morpholine rings is 1. The van der Waals surface area contributed by atoms with Gasteiger partial charge in [-0.3, -0.25) is 9.89 Å². The Bertz CT molecular complexity index is 875. The van der Waals surface area contributed by atoms with Crippen LogP contribution in [0.2, 0.25) is 0 Å². The summed E-state index contributed by atoms with van der Waals surface area (Å²) in [4.78, 5) is 6.64. The predicted molar refractivity (Wildman–Crippen MR) is 137 cm³/mol. The third-order valence-corrected chi connectivity index (χ3v) is 5.41. The summed E-state index contributed by atoms with van der Waals surface area (Å²) in [5, 5.41) is 6.63. The molecule has 1 atom stereocenters. The Morgan fingerprint density at radius 1 is 1.22 bits per heavy atom. The van der Waals surface area contributed by atoms with Gasteiger partial charge in [0.05, 0.1) is 19.3 Å². The number of hydrogen-bond acceptors (Lipinski definition) is 4. The Hall–Kier alpha value is -1.91. The Morgan fingerprint density at radius 2 is 2.00 bits per heavy atom. The summed E-state index contributed by atoms with van der Waals surface area (Å²) in [7, 11) is 1.73. The highest BCUT2D eigenvalue weighted by molar-refractivity contribution is 14.0. The molecule has 1 unspecified atom stereocenters. The normalized spacial score (nSPS) is 15.6. The Kier molecular flexibility index (Phi) is 11.2. The lowest BCUT2D eigenvalue weighted by Crippen LogP contribution is -2.38. The number of halogens is 2. The summed E-state index contributed by atoms with van der Waals surface area (Å²) in [5.74, 6) is 1.32. The molecule has 1 aliphatic heterocycles. The van der Waals surface area contributed by atoms with Crippen LogP contribution in [-0.2, 0) is 11.3 Å². The summed E-state index contributed by atoms with van der Waals surface area (Å²) in [6.45, 7) is 9.44. The van der Waals surface area contributed by atoms with Gasteiger partial charge < -0.3 is 20.1 Å². The number of benzene rings is 2. The van der Waals surface area contributed by atoms with Gasteiger partial charge >= 0.3 is 0 Å². The molecule has 0 spiro atoms. The van der Waals surface area contributed by atoms with E-state index in [-0.39, 0.29) is 35.8 Å². The smallest absolute Gasteiger partial charge is 0.191 e. The molecule has 2 aromatic carbocycles. The molecule has 0 amide bonds.